The highest BCUT2D eigenvalue weighted by Gasteiger charge is 2.35. The van der Waals surface area contributed by atoms with Gasteiger partial charge in [-0.1, -0.05) is 24.6 Å². The Hall–Kier alpha value is -3.86. The van der Waals surface area contributed by atoms with E-state index in [2.05, 4.69) is 24.2 Å². The summed E-state index contributed by atoms with van der Waals surface area (Å²) in [6.45, 7) is 4.08. The highest BCUT2D eigenvalue weighted by atomic mass is 32.3. The van der Waals surface area contributed by atoms with Gasteiger partial charge in [0.25, 0.3) is 5.56 Å². The van der Waals surface area contributed by atoms with Crippen LogP contribution in [0, 0.1) is 5.92 Å². The number of amides is 1. The molecule has 4 heterocycles. The molecule has 208 valence electrons. The van der Waals surface area contributed by atoms with Gasteiger partial charge in [0.2, 0.25) is 0 Å². The Bertz CT molecular complexity index is 1690. The van der Waals surface area contributed by atoms with Gasteiger partial charge >= 0.3 is 16.3 Å². The van der Waals surface area contributed by atoms with E-state index in [1.807, 2.05) is 13.8 Å². The lowest BCUT2D eigenvalue weighted by atomic mass is 10.1. The fraction of sp³-hybridized carbons (Fsp3) is 0.304. The van der Waals surface area contributed by atoms with Gasteiger partial charge in [-0.15, -0.1) is 4.40 Å². The topological polar surface area (TPSA) is 196 Å². The van der Waals surface area contributed by atoms with Crippen LogP contribution in [0.2, 0.25) is 0 Å². The zero-order valence-corrected chi connectivity index (χ0v) is 22.5. The summed E-state index contributed by atoms with van der Waals surface area (Å²) in [7, 11) is -8.27. The zero-order chi connectivity index (χ0) is 28.1. The summed E-state index contributed by atoms with van der Waals surface area (Å²) in [5, 5.41) is 14.2. The van der Waals surface area contributed by atoms with Crippen molar-refractivity contribution in [2.24, 2.45) is 10.3 Å². The minimum atomic E-state index is -4.31. The molecular formula is C23H26N6O8S2. The number of hydrogen-bond acceptors (Lipinski definition) is 11. The van der Waals surface area contributed by atoms with Crippen molar-refractivity contribution >= 4 is 55.3 Å². The number of nitrogens with zero attached hydrogens (tertiary/aromatic N) is 4. The maximum absolute atomic E-state index is 13.6. The van der Waals surface area contributed by atoms with Crippen LogP contribution in [0.25, 0.3) is 11.0 Å². The van der Waals surface area contributed by atoms with E-state index >= 15 is 0 Å². The number of amidine groups is 1. The molecule has 3 aromatic rings. The molecule has 2 aromatic heterocycles. The number of aromatic nitrogens is 2. The summed E-state index contributed by atoms with van der Waals surface area (Å²) in [4.78, 5) is 29.4. The van der Waals surface area contributed by atoms with Crippen LogP contribution in [0.15, 0.2) is 50.6 Å². The van der Waals surface area contributed by atoms with Crippen molar-refractivity contribution in [2.75, 3.05) is 23.2 Å². The van der Waals surface area contributed by atoms with Gasteiger partial charge in [0.15, 0.2) is 5.84 Å². The number of hydrogen-bond donors (Lipinski definition) is 5. The Kier molecular flexibility index (Phi) is 6.66. The van der Waals surface area contributed by atoms with Crippen molar-refractivity contribution in [2.45, 2.75) is 31.7 Å². The van der Waals surface area contributed by atoms with Crippen molar-refractivity contribution in [3.63, 3.8) is 0 Å². The van der Waals surface area contributed by atoms with E-state index in [1.54, 1.807) is 12.1 Å². The number of pyridine rings is 2. The molecule has 0 unspecified atom stereocenters. The van der Waals surface area contributed by atoms with E-state index in [-0.39, 0.29) is 57.8 Å². The quantitative estimate of drug-likeness (QED) is 0.278. The number of aryl methyl sites for hydroxylation is 1. The van der Waals surface area contributed by atoms with Gasteiger partial charge in [-0.05, 0) is 42.7 Å². The van der Waals surface area contributed by atoms with E-state index in [4.69, 9.17) is 0 Å². The second kappa shape index (κ2) is 9.71. The van der Waals surface area contributed by atoms with Crippen molar-refractivity contribution in [1.29, 1.82) is 0 Å². The van der Waals surface area contributed by atoms with Crippen LogP contribution in [0.4, 0.5) is 16.2 Å². The van der Waals surface area contributed by atoms with Crippen LogP contribution in [0.5, 0.6) is 5.75 Å². The fourth-order valence-electron chi connectivity index (χ4n) is 4.22. The molecule has 1 fully saturated rings. The molecule has 39 heavy (non-hydrogen) atoms. The third-order valence-corrected chi connectivity index (χ3v) is 8.94. The standard InChI is InChI=1S/C23H26N6O8S2/c1-13(2)7-9-28-21-15(4-3-8-24-21)19(30)18(22(28)31)20-25-16-6-5-14(12-17(16)38(33,34)27-20)26-39(35,36)29-10-11-37-23(29)32/h3-6,8,12-13,26,30,33-34H,7,9-11H2,1-2H3,(H,25,27). The highest BCUT2D eigenvalue weighted by molar-refractivity contribution is 8.23. The largest absolute Gasteiger partial charge is 0.506 e. The third-order valence-electron chi connectivity index (χ3n) is 6.17. The van der Waals surface area contributed by atoms with Crippen LogP contribution in [-0.2, 0) is 21.5 Å². The number of ether oxygens (including phenoxy) is 1. The van der Waals surface area contributed by atoms with Gasteiger partial charge in [-0.25, -0.2) is 9.78 Å². The van der Waals surface area contributed by atoms with E-state index in [0.717, 1.165) is 6.07 Å². The number of aromatic hydroxyl groups is 1. The van der Waals surface area contributed by atoms with Crippen molar-refractivity contribution in [3.8, 4) is 5.75 Å². The molecule has 0 radical (unpaired) electrons. The molecule has 14 nitrogen and oxygen atoms in total. The first-order valence-electron chi connectivity index (χ1n) is 11.9. The molecule has 2 aliphatic rings. The summed E-state index contributed by atoms with van der Waals surface area (Å²) in [6.07, 6.45) is 1.14. The SMILES string of the molecule is CC(C)CCn1c(=O)c(C2=NS(O)(O)c3cc(NS(=O)(=O)N4CCOC4=O)ccc3N2)c(O)c2cccnc21. The van der Waals surface area contributed by atoms with Gasteiger partial charge in [0.05, 0.1) is 23.3 Å². The Morgan fingerprint density at radius 2 is 2.00 bits per heavy atom. The number of carbonyl (C=O) groups excluding carboxylic acids is 1. The Morgan fingerprint density at radius 1 is 1.23 bits per heavy atom. The molecule has 1 aromatic carbocycles. The molecule has 2 aliphatic heterocycles. The molecular weight excluding hydrogens is 552 g/mol. The molecule has 0 spiro atoms. The number of anilines is 2. The average molecular weight is 579 g/mol. The second-order valence-electron chi connectivity index (χ2n) is 9.33. The molecule has 16 heteroatoms. The normalized spacial score (nSPS) is 17.4. The Labute approximate surface area is 224 Å². The molecule has 1 saturated heterocycles. The first-order valence-corrected chi connectivity index (χ1v) is 14.8. The maximum Gasteiger partial charge on any atom is 0.425 e. The maximum atomic E-state index is 13.6. The summed E-state index contributed by atoms with van der Waals surface area (Å²) < 4.78 is 59.7. The van der Waals surface area contributed by atoms with Gasteiger partial charge in [-0.3, -0.25) is 23.2 Å². The molecule has 0 aliphatic carbocycles. The Morgan fingerprint density at radius 3 is 2.69 bits per heavy atom. The lowest BCUT2D eigenvalue weighted by Gasteiger charge is -2.34. The molecule has 0 atom stereocenters. The van der Waals surface area contributed by atoms with Crippen LogP contribution < -0.4 is 15.6 Å². The minimum absolute atomic E-state index is 0.0652. The van der Waals surface area contributed by atoms with Gasteiger partial charge in [-0.2, -0.15) is 12.7 Å². The molecule has 0 saturated carbocycles. The number of cyclic esters (lactones) is 1. The van der Waals surface area contributed by atoms with Gasteiger partial charge < -0.3 is 15.2 Å². The zero-order valence-electron chi connectivity index (χ0n) is 20.9. The van der Waals surface area contributed by atoms with Crippen molar-refractivity contribution in [1.82, 2.24) is 13.9 Å². The molecule has 1 amide bonds. The number of carbonyl (C=O) groups is 1. The summed E-state index contributed by atoms with van der Waals surface area (Å²) in [5.74, 6) is -0.405. The Balaban J connectivity index is 1.55. The number of benzene rings is 1. The van der Waals surface area contributed by atoms with Gasteiger partial charge in [0, 0.05) is 12.7 Å². The smallest absolute Gasteiger partial charge is 0.425 e. The predicted molar refractivity (Wildman–Crippen MR) is 145 cm³/mol. The van der Waals surface area contributed by atoms with Gasteiger partial charge in [0.1, 0.15) is 28.5 Å². The summed E-state index contributed by atoms with van der Waals surface area (Å²) in [5.41, 5.74) is -0.535. The lowest BCUT2D eigenvalue weighted by Crippen LogP contribution is -2.36. The van der Waals surface area contributed by atoms with E-state index in [1.165, 1.54) is 22.9 Å². The second-order valence-corrected chi connectivity index (χ2v) is 12.6. The van der Waals surface area contributed by atoms with Crippen molar-refractivity contribution < 1.29 is 32.2 Å². The summed E-state index contributed by atoms with van der Waals surface area (Å²) in [6, 6.07) is 7.04. The fourth-order valence-corrected chi connectivity index (χ4v) is 6.51. The number of fused-ring (bicyclic) bond motifs is 2. The van der Waals surface area contributed by atoms with Crippen molar-refractivity contribution in [3.05, 3.63) is 52.4 Å². The lowest BCUT2D eigenvalue weighted by molar-refractivity contribution is 0.170. The van der Waals surface area contributed by atoms with Crippen LogP contribution in [0.1, 0.15) is 25.8 Å². The third kappa shape index (κ3) is 4.87. The first kappa shape index (κ1) is 26.7. The highest BCUT2D eigenvalue weighted by Crippen LogP contribution is 2.56. The van der Waals surface area contributed by atoms with E-state index in [9.17, 15) is 32.2 Å². The first-order chi connectivity index (χ1) is 18.4. The number of rotatable bonds is 7. The van der Waals surface area contributed by atoms with E-state index < -0.39 is 38.4 Å². The number of nitrogens with one attached hydrogen (secondary N) is 2. The molecule has 5 rings (SSSR count). The van der Waals surface area contributed by atoms with E-state index in [0.29, 0.717) is 17.3 Å². The monoisotopic (exact) mass is 578 g/mol. The summed E-state index contributed by atoms with van der Waals surface area (Å²) >= 11 is 0. The molecule has 0 bridgehead atoms. The van der Waals surface area contributed by atoms with Crippen LogP contribution in [0.3, 0.4) is 0 Å². The van der Waals surface area contributed by atoms with Crippen LogP contribution in [-0.4, -0.2) is 61.6 Å². The average Bonchev–Trinajstić information content (AvgIpc) is 3.31. The van der Waals surface area contributed by atoms with Crippen LogP contribution >= 0.6 is 10.8 Å². The molecule has 5 N–H and O–H groups in total. The predicted octanol–water partition coefficient (Wildman–Crippen LogP) is 3.15. The minimum Gasteiger partial charge on any atom is -0.506 e.